The summed E-state index contributed by atoms with van der Waals surface area (Å²) in [4.78, 5) is 23.1. The molecule has 4 rings (SSSR count). The maximum Gasteiger partial charge on any atom is 0.303 e. The molecule has 0 heterocycles. The minimum Gasteiger partial charge on any atom is -0.481 e. The van der Waals surface area contributed by atoms with Crippen LogP contribution in [0.4, 0.5) is 0 Å². The summed E-state index contributed by atoms with van der Waals surface area (Å²) in [6.07, 6.45) is 4.83. The summed E-state index contributed by atoms with van der Waals surface area (Å²) in [5.41, 5.74) is 8.69. The number of fused-ring (bicyclic) bond motifs is 3. The second-order valence-electron chi connectivity index (χ2n) is 8.47. The number of amides is 1. The molecule has 3 aromatic rings. The monoisotopic (exact) mass is 427 g/mol. The Hall–Kier alpha value is -3.40. The first-order valence-electron chi connectivity index (χ1n) is 11.4. The molecule has 0 aliphatic heterocycles. The van der Waals surface area contributed by atoms with E-state index < -0.39 is 5.97 Å². The Labute approximate surface area is 189 Å². The number of hydrogen-bond donors (Lipinski definition) is 2. The lowest BCUT2D eigenvalue weighted by Crippen LogP contribution is -2.27. The first kappa shape index (κ1) is 21.8. The SMILES string of the molecule is O=C(O)CCCCc1ccc(CCNC(=O)Cc2cccc3c2Cc2ccccc2-3)cc1. The topological polar surface area (TPSA) is 66.4 Å². The van der Waals surface area contributed by atoms with Gasteiger partial charge in [0.1, 0.15) is 0 Å². The van der Waals surface area contributed by atoms with Crippen LogP contribution in [0.15, 0.2) is 66.7 Å². The average Bonchev–Trinajstić information content (AvgIpc) is 3.17. The van der Waals surface area contributed by atoms with E-state index in [0.29, 0.717) is 19.4 Å². The van der Waals surface area contributed by atoms with Crippen molar-refractivity contribution in [3.8, 4) is 11.1 Å². The molecule has 0 atom stereocenters. The van der Waals surface area contributed by atoms with Crippen LogP contribution in [0, 0.1) is 0 Å². The van der Waals surface area contributed by atoms with Gasteiger partial charge in [-0.15, -0.1) is 0 Å². The second kappa shape index (κ2) is 10.3. The van der Waals surface area contributed by atoms with Crippen molar-refractivity contribution >= 4 is 11.9 Å². The average molecular weight is 428 g/mol. The normalized spacial score (nSPS) is 11.6. The van der Waals surface area contributed by atoms with E-state index in [1.54, 1.807) is 0 Å². The smallest absolute Gasteiger partial charge is 0.303 e. The van der Waals surface area contributed by atoms with E-state index in [1.165, 1.54) is 33.4 Å². The van der Waals surface area contributed by atoms with Crippen molar-refractivity contribution in [2.75, 3.05) is 6.54 Å². The number of carbonyl (C=O) groups is 2. The number of nitrogens with one attached hydrogen (secondary N) is 1. The number of hydrogen-bond acceptors (Lipinski definition) is 2. The molecule has 0 radical (unpaired) electrons. The highest BCUT2D eigenvalue weighted by Crippen LogP contribution is 2.38. The quantitative estimate of drug-likeness (QED) is 0.352. The fourth-order valence-corrected chi connectivity index (χ4v) is 4.45. The number of benzene rings is 3. The number of rotatable bonds is 10. The number of aliphatic carboxylic acids is 1. The fraction of sp³-hybridized carbons (Fsp3) is 0.286. The summed E-state index contributed by atoms with van der Waals surface area (Å²) in [6.45, 7) is 0.617. The molecule has 4 nitrogen and oxygen atoms in total. The highest BCUT2D eigenvalue weighted by atomic mass is 16.4. The summed E-state index contributed by atoms with van der Waals surface area (Å²) in [6, 6.07) is 23.1. The van der Waals surface area contributed by atoms with E-state index in [9.17, 15) is 9.59 Å². The van der Waals surface area contributed by atoms with Crippen LogP contribution in [0.5, 0.6) is 0 Å². The minimum atomic E-state index is -0.732. The van der Waals surface area contributed by atoms with Gasteiger partial charge in [-0.1, -0.05) is 66.7 Å². The maximum atomic E-state index is 12.6. The van der Waals surface area contributed by atoms with Crippen molar-refractivity contribution in [3.63, 3.8) is 0 Å². The van der Waals surface area contributed by atoms with Crippen LogP contribution in [0.1, 0.15) is 47.1 Å². The van der Waals surface area contributed by atoms with Crippen LogP contribution in [0.25, 0.3) is 11.1 Å². The lowest BCUT2D eigenvalue weighted by molar-refractivity contribution is -0.137. The predicted octanol–water partition coefficient (Wildman–Crippen LogP) is 4.96. The Balaban J connectivity index is 1.24. The zero-order chi connectivity index (χ0) is 22.3. The molecule has 0 bridgehead atoms. The molecule has 1 amide bonds. The lowest BCUT2D eigenvalue weighted by Gasteiger charge is -2.10. The third kappa shape index (κ3) is 5.44. The van der Waals surface area contributed by atoms with E-state index in [1.807, 2.05) is 6.07 Å². The molecule has 0 fully saturated rings. The summed E-state index contributed by atoms with van der Waals surface area (Å²) in [5, 5.41) is 11.8. The van der Waals surface area contributed by atoms with Crippen molar-refractivity contribution < 1.29 is 14.7 Å². The number of unbranched alkanes of at least 4 members (excludes halogenated alkanes) is 1. The van der Waals surface area contributed by atoms with Gasteiger partial charge in [-0.2, -0.15) is 0 Å². The molecule has 2 N–H and O–H groups in total. The Morgan fingerprint density at radius 3 is 2.31 bits per heavy atom. The zero-order valence-corrected chi connectivity index (χ0v) is 18.3. The predicted molar refractivity (Wildman–Crippen MR) is 127 cm³/mol. The number of carbonyl (C=O) groups excluding carboxylic acids is 1. The van der Waals surface area contributed by atoms with Gasteiger partial charge >= 0.3 is 5.97 Å². The molecule has 32 heavy (non-hydrogen) atoms. The number of aryl methyl sites for hydroxylation is 1. The third-order valence-corrected chi connectivity index (χ3v) is 6.16. The van der Waals surface area contributed by atoms with Gasteiger partial charge in [0.25, 0.3) is 0 Å². The van der Waals surface area contributed by atoms with E-state index in [0.717, 1.165) is 31.2 Å². The highest BCUT2D eigenvalue weighted by molar-refractivity contribution is 5.83. The molecule has 0 unspecified atom stereocenters. The summed E-state index contributed by atoms with van der Waals surface area (Å²) < 4.78 is 0. The maximum absolute atomic E-state index is 12.6. The molecule has 1 aliphatic carbocycles. The van der Waals surface area contributed by atoms with Crippen molar-refractivity contribution in [2.24, 2.45) is 0 Å². The van der Waals surface area contributed by atoms with Gasteiger partial charge in [0.05, 0.1) is 6.42 Å². The highest BCUT2D eigenvalue weighted by Gasteiger charge is 2.21. The molecular formula is C28H29NO3. The summed E-state index contributed by atoms with van der Waals surface area (Å²) in [7, 11) is 0. The minimum absolute atomic E-state index is 0.0596. The zero-order valence-electron chi connectivity index (χ0n) is 18.3. The molecule has 164 valence electrons. The van der Waals surface area contributed by atoms with Gasteiger partial charge in [0, 0.05) is 13.0 Å². The largest absolute Gasteiger partial charge is 0.481 e. The summed E-state index contributed by atoms with van der Waals surface area (Å²) in [5.74, 6) is -0.673. The molecule has 0 aromatic heterocycles. The Morgan fingerprint density at radius 1 is 0.812 bits per heavy atom. The van der Waals surface area contributed by atoms with Gasteiger partial charge in [-0.25, -0.2) is 0 Å². The molecule has 1 aliphatic rings. The number of carboxylic acid groups (broad SMARTS) is 1. The fourth-order valence-electron chi connectivity index (χ4n) is 4.45. The van der Waals surface area contributed by atoms with Crippen LogP contribution >= 0.6 is 0 Å². The van der Waals surface area contributed by atoms with Gasteiger partial charge in [-0.05, 0) is 71.0 Å². The molecule has 0 saturated heterocycles. The van der Waals surface area contributed by atoms with E-state index in [2.05, 4.69) is 66.0 Å². The van der Waals surface area contributed by atoms with Crippen LogP contribution in [0.3, 0.4) is 0 Å². The van der Waals surface area contributed by atoms with Crippen LogP contribution in [0.2, 0.25) is 0 Å². The molecule has 3 aromatic carbocycles. The number of carboxylic acids is 1. The van der Waals surface area contributed by atoms with E-state index >= 15 is 0 Å². The summed E-state index contributed by atoms with van der Waals surface area (Å²) >= 11 is 0. The van der Waals surface area contributed by atoms with E-state index in [4.69, 9.17) is 5.11 Å². The van der Waals surface area contributed by atoms with Crippen molar-refractivity contribution in [3.05, 3.63) is 94.5 Å². The van der Waals surface area contributed by atoms with Crippen molar-refractivity contribution in [1.29, 1.82) is 0 Å². The standard InChI is InChI=1S/C28H29NO3/c30-27(19-23-8-5-10-25-24-9-3-2-7-22(24)18-26(23)25)29-17-16-21-14-12-20(13-15-21)6-1-4-11-28(31)32/h2-3,5,7-10,12-15H,1,4,6,11,16-19H2,(H,29,30)(H,31,32). The molecule has 0 spiro atoms. The Bertz CT molecular complexity index is 1100. The van der Waals surface area contributed by atoms with Gasteiger partial charge in [0.2, 0.25) is 5.91 Å². The van der Waals surface area contributed by atoms with Crippen LogP contribution in [-0.2, 0) is 35.3 Å². The second-order valence-corrected chi connectivity index (χ2v) is 8.47. The first-order chi connectivity index (χ1) is 15.6. The van der Waals surface area contributed by atoms with Crippen molar-refractivity contribution in [2.45, 2.75) is 44.9 Å². The van der Waals surface area contributed by atoms with Crippen molar-refractivity contribution in [1.82, 2.24) is 5.32 Å². The molecular weight excluding hydrogens is 398 g/mol. The van der Waals surface area contributed by atoms with E-state index in [-0.39, 0.29) is 12.3 Å². The third-order valence-electron chi connectivity index (χ3n) is 6.16. The molecule has 4 heteroatoms. The van der Waals surface area contributed by atoms with Gasteiger partial charge < -0.3 is 10.4 Å². The lowest BCUT2D eigenvalue weighted by atomic mass is 9.99. The van der Waals surface area contributed by atoms with Gasteiger partial charge in [0.15, 0.2) is 0 Å². The Kier molecular flexibility index (Phi) is 7.00. The van der Waals surface area contributed by atoms with Gasteiger partial charge in [-0.3, -0.25) is 9.59 Å². The first-order valence-corrected chi connectivity index (χ1v) is 11.4. The van der Waals surface area contributed by atoms with Crippen LogP contribution < -0.4 is 5.32 Å². The Morgan fingerprint density at radius 2 is 1.53 bits per heavy atom. The molecule has 0 saturated carbocycles. The van der Waals surface area contributed by atoms with Crippen LogP contribution in [-0.4, -0.2) is 23.5 Å².